The van der Waals surface area contributed by atoms with Gasteiger partial charge in [0.1, 0.15) is 0 Å². The molecule has 0 unspecified atom stereocenters. The molecule has 3 rings (SSSR count). The van der Waals surface area contributed by atoms with E-state index in [4.69, 9.17) is 11.6 Å². The van der Waals surface area contributed by atoms with Gasteiger partial charge in [0.05, 0.1) is 0 Å². The van der Waals surface area contributed by atoms with Gasteiger partial charge in [0.2, 0.25) is 5.28 Å². The molecule has 0 N–H and O–H groups in total. The summed E-state index contributed by atoms with van der Waals surface area (Å²) in [6.07, 6.45) is 0. The van der Waals surface area contributed by atoms with Crippen LogP contribution in [0.3, 0.4) is 0 Å². The van der Waals surface area contributed by atoms with Crippen molar-refractivity contribution in [3.63, 3.8) is 0 Å². The summed E-state index contributed by atoms with van der Waals surface area (Å²) in [4.78, 5) is 13.2. The Kier molecular flexibility index (Phi) is 4.14. The van der Waals surface area contributed by atoms with Crippen LogP contribution < -0.4 is 0 Å². The van der Waals surface area contributed by atoms with Crippen LogP contribution in [0.15, 0.2) is 36.4 Å². The van der Waals surface area contributed by atoms with Crippen molar-refractivity contribution in [2.24, 2.45) is 0 Å². The van der Waals surface area contributed by atoms with Gasteiger partial charge in [0.15, 0.2) is 11.6 Å². The fourth-order valence-electron chi connectivity index (χ4n) is 2.54. The van der Waals surface area contributed by atoms with Gasteiger partial charge in [0, 0.05) is 11.1 Å². The van der Waals surface area contributed by atoms with Crippen LogP contribution in [0.4, 0.5) is 0 Å². The highest BCUT2D eigenvalue weighted by Gasteiger charge is 2.11. The Morgan fingerprint density at radius 2 is 1.43 bits per heavy atom. The zero-order valence-electron chi connectivity index (χ0n) is 13.7. The Bertz CT molecular complexity index is 888. The highest BCUT2D eigenvalue weighted by molar-refractivity contribution is 6.28. The van der Waals surface area contributed by atoms with E-state index in [0.717, 1.165) is 16.7 Å². The number of aromatic nitrogens is 3. The third-order valence-electron chi connectivity index (χ3n) is 4.00. The molecule has 4 heteroatoms. The van der Waals surface area contributed by atoms with Crippen molar-refractivity contribution in [3.05, 3.63) is 63.9 Å². The van der Waals surface area contributed by atoms with Gasteiger partial charge in [-0.15, -0.1) is 0 Å². The molecule has 3 aromatic rings. The lowest BCUT2D eigenvalue weighted by Crippen LogP contribution is -1.99. The monoisotopic (exact) mass is 323 g/mol. The summed E-state index contributed by atoms with van der Waals surface area (Å²) in [6, 6.07) is 12.4. The fraction of sp³-hybridized carbons (Fsp3) is 0.211. The highest BCUT2D eigenvalue weighted by atomic mass is 35.5. The van der Waals surface area contributed by atoms with Crippen LogP contribution in [0.2, 0.25) is 5.28 Å². The molecule has 1 heterocycles. The lowest BCUT2D eigenvalue weighted by Gasteiger charge is -2.09. The Morgan fingerprint density at radius 3 is 2.13 bits per heavy atom. The minimum Gasteiger partial charge on any atom is -0.208 e. The van der Waals surface area contributed by atoms with Crippen molar-refractivity contribution in [3.8, 4) is 22.8 Å². The van der Waals surface area contributed by atoms with Crippen molar-refractivity contribution in [2.45, 2.75) is 27.7 Å². The molecule has 1 aromatic heterocycles. The lowest BCUT2D eigenvalue weighted by atomic mass is 10.0. The summed E-state index contributed by atoms with van der Waals surface area (Å²) >= 11 is 6.14. The van der Waals surface area contributed by atoms with E-state index in [2.05, 4.69) is 66.9 Å². The number of rotatable bonds is 2. The van der Waals surface area contributed by atoms with Crippen LogP contribution in [0.25, 0.3) is 22.8 Å². The summed E-state index contributed by atoms with van der Waals surface area (Å²) in [5.74, 6) is 1.21. The first kappa shape index (κ1) is 15.6. The molecule has 0 fully saturated rings. The molecule has 116 valence electrons. The number of benzene rings is 2. The predicted octanol–water partition coefficient (Wildman–Crippen LogP) is 5.09. The van der Waals surface area contributed by atoms with Gasteiger partial charge in [-0.25, -0.2) is 4.98 Å². The van der Waals surface area contributed by atoms with Gasteiger partial charge >= 0.3 is 0 Å². The zero-order chi connectivity index (χ0) is 16.6. The molecule has 0 atom stereocenters. The van der Waals surface area contributed by atoms with Crippen LogP contribution in [0.1, 0.15) is 22.3 Å². The first-order valence-electron chi connectivity index (χ1n) is 7.51. The van der Waals surface area contributed by atoms with Crippen LogP contribution in [0.5, 0.6) is 0 Å². The van der Waals surface area contributed by atoms with Crippen molar-refractivity contribution in [1.82, 2.24) is 15.0 Å². The van der Waals surface area contributed by atoms with Crippen molar-refractivity contribution in [1.29, 1.82) is 0 Å². The summed E-state index contributed by atoms with van der Waals surface area (Å²) in [7, 11) is 0. The minimum absolute atomic E-state index is 0.211. The normalized spacial score (nSPS) is 10.8. The number of nitrogens with zero attached hydrogens (tertiary/aromatic N) is 3. The first-order valence-corrected chi connectivity index (χ1v) is 7.88. The smallest absolute Gasteiger partial charge is 0.208 e. The molecule has 0 aliphatic rings. The standard InChI is InChI=1S/C19H18ClN3/c1-11-5-8-16(14(4)9-11)18-21-17(22-19(20)23-18)15-7-6-12(2)13(3)10-15/h5-10H,1-4H3. The quantitative estimate of drug-likeness (QED) is 0.659. The lowest BCUT2D eigenvalue weighted by molar-refractivity contribution is 1.06. The van der Waals surface area contributed by atoms with E-state index in [1.807, 2.05) is 12.1 Å². The number of aryl methyl sites for hydroxylation is 4. The average Bonchev–Trinajstić information content (AvgIpc) is 2.49. The average molecular weight is 324 g/mol. The number of hydrogen-bond donors (Lipinski definition) is 0. The van der Waals surface area contributed by atoms with Gasteiger partial charge in [-0.1, -0.05) is 35.9 Å². The largest absolute Gasteiger partial charge is 0.226 e. The molecule has 3 nitrogen and oxygen atoms in total. The van der Waals surface area contributed by atoms with E-state index in [9.17, 15) is 0 Å². The Hall–Kier alpha value is -2.26. The zero-order valence-corrected chi connectivity index (χ0v) is 14.4. The second kappa shape index (κ2) is 6.09. The molecule has 0 spiro atoms. The molecule has 23 heavy (non-hydrogen) atoms. The van der Waals surface area contributed by atoms with Gasteiger partial charge in [-0.3, -0.25) is 0 Å². The molecule has 0 saturated carbocycles. The fourth-order valence-corrected chi connectivity index (χ4v) is 2.70. The maximum Gasteiger partial charge on any atom is 0.226 e. The second-order valence-electron chi connectivity index (χ2n) is 5.87. The van der Waals surface area contributed by atoms with Crippen LogP contribution >= 0.6 is 11.6 Å². The third-order valence-corrected chi connectivity index (χ3v) is 4.17. The van der Waals surface area contributed by atoms with Gasteiger partial charge in [0.25, 0.3) is 0 Å². The molecular formula is C19H18ClN3. The Labute approximate surface area is 141 Å². The minimum atomic E-state index is 0.211. The molecule has 0 aliphatic carbocycles. The summed E-state index contributed by atoms with van der Waals surface area (Å²) in [6.45, 7) is 8.28. The van der Waals surface area contributed by atoms with E-state index < -0.39 is 0 Å². The van der Waals surface area contributed by atoms with Crippen molar-refractivity contribution in [2.75, 3.05) is 0 Å². The molecule has 0 amide bonds. The highest BCUT2D eigenvalue weighted by Crippen LogP contribution is 2.25. The van der Waals surface area contributed by atoms with Crippen LogP contribution in [-0.4, -0.2) is 15.0 Å². The van der Waals surface area contributed by atoms with Gasteiger partial charge in [-0.2, -0.15) is 9.97 Å². The van der Waals surface area contributed by atoms with Crippen molar-refractivity contribution >= 4 is 11.6 Å². The van der Waals surface area contributed by atoms with Gasteiger partial charge < -0.3 is 0 Å². The summed E-state index contributed by atoms with van der Waals surface area (Å²) < 4.78 is 0. The maximum absolute atomic E-state index is 6.14. The van der Waals surface area contributed by atoms with Crippen molar-refractivity contribution < 1.29 is 0 Å². The summed E-state index contributed by atoms with van der Waals surface area (Å²) in [5.41, 5.74) is 6.70. The van der Waals surface area contributed by atoms with E-state index in [1.54, 1.807) is 0 Å². The van der Waals surface area contributed by atoms with E-state index in [1.165, 1.54) is 16.7 Å². The van der Waals surface area contributed by atoms with E-state index in [0.29, 0.717) is 11.6 Å². The van der Waals surface area contributed by atoms with Crippen LogP contribution in [0, 0.1) is 27.7 Å². The Morgan fingerprint density at radius 1 is 0.696 bits per heavy atom. The maximum atomic E-state index is 6.14. The SMILES string of the molecule is Cc1ccc(-c2nc(Cl)nc(-c3ccc(C)c(C)c3)n2)c(C)c1. The third kappa shape index (κ3) is 3.25. The molecule has 0 aliphatic heterocycles. The Balaban J connectivity index is 2.14. The number of hydrogen-bond acceptors (Lipinski definition) is 3. The van der Waals surface area contributed by atoms with E-state index in [-0.39, 0.29) is 5.28 Å². The predicted molar refractivity (Wildman–Crippen MR) is 94.7 cm³/mol. The first-order chi connectivity index (χ1) is 10.9. The number of halogens is 1. The molecule has 0 radical (unpaired) electrons. The van der Waals surface area contributed by atoms with Crippen LogP contribution in [-0.2, 0) is 0 Å². The second-order valence-corrected chi connectivity index (χ2v) is 6.21. The topological polar surface area (TPSA) is 38.7 Å². The molecule has 2 aromatic carbocycles. The van der Waals surface area contributed by atoms with E-state index >= 15 is 0 Å². The molecule has 0 saturated heterocycles. The molecular weight excluding hydrogens is 306 g/mol. The summed E-state index contributed by atoms with van der Waals surface area (Å²) in [5, 5.41) is 0.211. The molecule has 0 bridgehead atoms. The van der Waals surface area contributed by atoms with Gasteiger partial charge in [-0.05, 0) is 62.1 Å².